The number of aliphatic hydroxyl groups excluding tert-OH is 1. The number of sulfone groups is 1. The fourth-order valence-electron chi connectivity index (χ4n) is 4.37. The van der Waals surface area contributed by atoms with Crippen LogP contribution in [0.4, 0.5) is 0 Å². The summed E-state index contributed by atoms with van der Waals surface area (Å²) in [6, 6.07) is 15.1. The number of aliphatic hydroxyl groups is 1. The van der Waals surface area contributed by atoms with Crippen molar-refractivity contribution in [3.8, 4) is 5.75 Å². The number of alkyl halides is 1. The highest BCUT2D eigenvalue weighted by Gasteiger charge is 2.73. The predicted molar refractivity (Wildman–Crippen MR) is 146 cm³/mol. The second kappa shape index (κ2) is 10.8. The van der Waals surface area contributed by atoms with Gasteiger partial charge in [-0.3, -0.25) is 9.59 Å². The van der Waals surface area contributed by atoms with E-state index in [0.717, 1.165) is 0 Å². The van der Waals surface area contributed by atoms with Crippen LogP contribution in [0.5, 0.6) is 5.75 Å². The standard InChI is InChI=1S/C26H35ClN2O6SSi/c1-25(2,3)37(4,5)29-22(16-19(30)17-27)26(24(29)32,36(33,34)21-14-10-7-11-15-21)28-23(31)18-35-20-12-8-6-9-13-20/h6-15,19,22,30H,16-18H2,1-5H3,(H,28,31)/t19?,22-,26+/m1/s1. The molecule has 1 aliphatic heterocycles. The molecule has 0 saturated carbocycles. The number of nitrogens with zero attached hydrogens (tertiary/aromatic N) is 1. The average Bonchev–Trinajstić information content (AvgIpc) is 2.85. The lowest BCUT2D eigenvalue weighted by Gasteiger charge is -2.63. The zero-order valence-corrected chi connectivity index (χ0v) is 24.3. The minimum Gasteiger partial charge on any atom is -0.484 e. The first-order valence-electron chi connectivity index (χ1n) is 12.1. The van der Waals surface area contributed by atoms with E-state index >= 15 is 0 Å². The molecule has 37 heavy (non-hydrogen) atoms. The van der Waals surface area contributed by atoms with Crippen molar-refractivity contribution in [1.29, 1.82) is 0 Å². The fourth-order valence-corrected chi connectivity index (χ4v) is 9.18. The van der Waals surface area contributed by atoms with E-state index in [2.05, 4.69) is 5.32 Å². The number of nitrogens with one attached hydrogen (secondary N) is 1. The van der Waals surface area contributed by atoms with Crippen LogP contribution in [-0.2, 0) is 19.4 Å². The molecule has 2 aromatic carbocycles. The molecule has 0 aromatic heterocycles. The summed E-state index contributed by atoms with van der Waals surface area (Å²) >= 11 is 5.91. The summed E-state index contributed by atoms with van der Waals surface area (Å²) in [5, 5.41) is 12.8. The Labute approximate surface area is 225 Å². The van der Waals surface area contributed by atoms with E-state index in [9.17, 15) is 23.1 Å². The Morgan fingerprint density at radius 2 is 1.68 bits per heavy atom. The quantitative estimate of drug-likeness (QED) is 0.258. The van der Waals surface area contributed by atoms with Crippen molar-refractivity contribution in [2.75, 3.05) is 12.5 Å². The molecule has 0 bridgehead atoms. The zero-order chi connectivity index (χ0) is 27.6. The molecule has 1 saturated heterocycles. The third-order valence-corrected chi connectivity index (χ3v) is 15.4. The number of rotatable bonds is 10. The van der Waals surface area contributed by atoms with Crippen molar-refractivity contribution >= 4 is 41.5 Å². The number of β-lactam (4-membered cyclic amide) rings is 1. The van der Waals surface area contributed by atoms with Crippen LogP contribution >= 0.6 is 11.6 Å². The fraction of sp³-hybridized carbons (Fsp3) is 0.462. The molecule has 0 aliphatic carbocycles. The van der Waals surface area contributed by atoms with Crippen LogP contribution in [0, 0.1) is 0 Å². The van der Waals surface area contributed by atoms with Crippen molar-refractivity contribution in [2.24, 2.45) is 0 Å². The van der Waals surface area contributed by atoms with Gasteiger partial charge in [0.1, 0.15) is 5.75 Å². The number of amides is 2. The number of hydrogen-bond donors (Lipinski definition) is 2. The van der Waals surface area contributed by atoms with Crippen LogP contribution < -0.4 is 10.1 Å². The molecular weight excluding hydrogens is 532 g/mol. The topological polar surface area (TPSA) is 113 Å². The van der Waals surface area contributed by atoms with Crippen LogP contribution in [0.15, 0.2) is 65.6 Å². The third-order valence-electron chi connectivity index (χ3n) is 7.34. The molecule has 1 unspecified atom stereocenters. The van der Waals surface area contributed by atoms with E-state index in [1.165, 1.54) is 12.1 Å². The second-order valence-electron chi connectivity index (χ2n) is 10.7. The lowest BCUT2D eigenvalue weighted by molar-refractivity contribution is -0.151. The van der Waals surface area contributed by atoms with E-state index in [4.69, 9.17) is 16.3 Å². The highest BCUT2D eigenvalue weighted by Crippen LogP contribution is 2.50. The van der Waals surface area contributed by atoms with Crippen molar-refractivity contribution < 1.29 is 27.9 Å². The monoisotopic (exact) mass is 566 g/mol. The number of para-hydroxylation sites is 1. The first-order chi connectivity index (χ1) is 17.2. The minimum atomic E-state index is -4.44. The van der Waals surface area contributed by atoms with E-state index in [0.29, 0.717) is 5.75 Å². The normalized spacial score (nSPS) is 21.2. The zero-order valence-electron chi connectivity index (χ0n) is 21.8. The van der Waals surface area contributed by atoms with Gasteiger partial charge in [-0.25, -0.2) is 8.42 Å². The Balaban J connectivity index is 2.11. The van der Waals surface area contributed by atoms with Gasteiger partial charge in [0, 0.05) is 5.88 Å². The van der Waals surface area contributed by atoms with Crippen LogP contribution in [-0.4, -0.2) is 67.6 Å². The molecule has 202 valence electrons. The average molecular weight is 567 g/mol. The lowest BCUT2D eigenvalue weighted by Crippen LogP contribution is -2.88. The number of ether oxygens (including phenoxy) is 1. The van der Waals surface area contributed by atoms with Gasteiger partial charge in [-0.05, 0) is 35.7 Å². The highest BCUT2D eigenvalue weighted by molar-refractivity contribution is 7.93. The summed E-state index contributed by atoms with van der Waals surface area (Å²) in [5.74, 6) is -1.20. The van der Waals surface area contributed by atoms with Crippen LogP contribution in [0.3, 0.4) is 0 Å². The predicted octanol–water partition coefficient (Wildman–Crippen LogP) is 3.56. The summed E-state index contributed by atoms with van der Waals surface area (Å²) in [6.45, 7) is 9.46. The van der Waals surface area contributed by atoms with Gasteiger partial charge in [-0.2, -0.15) is 0 Å². The minimum absolute atomic E-state index is 0.104. The molecule has 1 aliphatic rings. The summed E-state index contributed by atoms with van der Waals surface area (Å²) < 4.78 is 35.4. The Bertz CT molecular complexity index is 1220. The highest BCUT2D eigenvalue weighted by atomic mass is 35.5. The van der Waals surface area contributed by atoms with Crippen LogP contribution in [0.1, 0.15) is 27.2 Å². The van der Waals surface area contributed by atoms with Crippen molar-refractivity contribution in [3.05, 3.63) is 60.7 Å². The summed E-state index contributed by atoms with van der Waals surface area (Å²) in [6.07, 6.45) is -1.21. The summed E-state index contributed by atoms with van der Waals surface area (Å²) in [4.78, 5) is 24.8. The first kappa shape index (κ1) is 29.2. The Kier molecular flexibility index (Phi) is 8.48. The molecule has 2 N–H and O–H groups in total. The second-order valence-corrected chi connectivity index (χ2v) is 18.3. The summed E-state index contributed by atoms with van der Waals surface area (Å²) in [5.41, 5.74) is 0. The summed E-state index contributed by atoms with van der Waals surface area (Å²) in [7, 11) is -7.08. The van der Waals surface area contributed by atoms with Gasteiger partial charge in [0.25, 0.3) is 11.8 Å². The Morgan fingerprint density at radius 1 is 1.14 bits per heavy atom. The molecule has 1 heterocycles. The molecule has 2 aromatic rings. The number of halogens is 1. The van der Waals surface area contributed by atoms with Crippen LogP contribution in [0.25, 0.3) is 0 Å². The Hall–Kier alpha value is -2.40. The molecular formula is C26H35ClN2O6SSi. The van der Waals surface area contributed by atoms with E-state index in [-0.39, 0.29) is 22.2 Å². The number of carbonyl (C=O) groups excluding carboxylic acids is 2. The molecule has 8 nitrogen and oxygen atoms in total. The molecule has 0 radical (unpaired) electrons. The first-order valence-corrected chi connectivity index (χ1v) is 17.0. The van der Waals surface area contributed by atoms with Gasteiger partial charge >= 0.3 is 0 Å². The van der Waals surface area contributed by atoms with Crippen molar-refractivity contribution in [1.82, 2.24) is 9.88 Å². The van der Waals surface area contributed by atoms with Gasteiger partial charge < -0.3 is 19.7 Å². The van der Waals surface area contributed by atoms with Crippen LogP contribution in [0.2, 0.25) is 18.1 Å². The number of carbonyl (C=O) groups is 2. The number of benzene rings is 2. The van der Waals surface area contributed by atoms with E-state index < -0.39 is 53.5 Å². The maximum absolute atomic E-state index is 14.2. The SMILES string of the molecule is CC(C)(C)[Si](C)(C)N1C(=O)[C@@](NC(=O)COc2ccccc2)(S(=O)(=O)c2ccccc2)[C@H]1CC(O)CCl. The van der Waals surface area contributed by atoms with Gasteiger partial charge in [0.15, 0.2) is 14.8 Å². The van der Waals surface area contributed by atoms with Gasteiger partial charge in [0.05, 0.1) is 17.0 Å². The largest absolute Gasteiger partial charge is 0.484 e. The number of hydrogen-bond acceptors (Lipinski definition) is 6. The maximum Gasteiger partial charge on any atom is 0.259 e. The van der Waals surface area contributed by atoms with E-state index in [1.807, 2.05) is 33.9 Å². The van der Waals surface area contributed by atoms with Crippen molar-refractivity contribution in [2.45, 2.75) is 67.2 Å². The Morgan fingerprint density at radius 3 is 2.19 bits per heavy atom. The molecule has 11 heteroatoms. The lowest BCUT2D eigenvalue weighted by atomic mass is 9.92. The molecule has 1 fully saturated rings. The van der Waals surface area contributed by atoms with Crippen molar-refractivity contribution in [3.63, 3.8) is 0 Å². The van der Waals surface area contributed by atoms with Gasteiger partial charge in [-0.1, -0.05) is 70.3 Å². The smallest absolute Gasteiger partial charge is 0.259 e. The van der Waals surface area contributed by atoms with Gasteiger partial charge in [-0.15, -0.1) is 11.6 Å². The molecule has 3 rings (SSSR count). The molecule has 0 spiro atoms. The third kappa shape index (κ3) is 5.29. The molecule has 3 atom stereocenters. The van der Waals surface area contributed by atoms with E-state index in [1.54, 1.807) is 53.1 Å². The maximum atomic E-state index is 14.2. The molecule has 2 amide bonds. The van der Waals surface area contributed by atoms with Gasteiger partial charge in [0.2, 0.25) is 14.7 Å².